The van der Waals surface area contributed by atoms with Gasteiger partial charge in [0.15, 0.2) is 0 Å². The Morgan fingerprint density at radius 3 is 2.27 bits per heavy atom. The zero-order valence-corrected chi connectivity index (χ0v) is 19.1. The lowest BCUT2D eigenvalue weighted by molar-refractivity contribution is -0.115. The number of rotatable bonds is 8. The maximum Gasteiger partial charge on any atom is 0.341 e. The van der Waals surface area contributed by atoms with Gasteiger partial charge in [0.05, 0.1) is 13.2 Å². The number of aryl methyl sites for hydroxylation is 2. The SMILES string of the molecule is CCOC(=O)c1c(S(=O)(=O)NCC(=O)Nc2ccc(C)c(C)c2)c(C)n(CC)c1C. The van der Waals surface area contributed by atoms with Gasteiger partial charge in [-0.15, -0.1) is 0 Å². The summed E-state index contributed by atoms with van der Waals surface area (Å²) in [4.78, 5) is 24.6. The van der Waals surface area contributed by atoms with Crippen molar-refractivity contribution in [1.82, 2.24) is 9.29 Å². The number of carbonyl (C=O) groups is 2. The number of carbonyl (C=O) groups excluding carboxylic acids is 2. The molecule has 0 aliphatic carbocycles. The van der Waals surface area contributed by atoms with Gasteiger partial charge in [-0.2, -0.15) is 0 Å². The lowest BCUT2D eigenvalue weighted by atomic mass is 10.1. The summed E-state index contributed by atoms with van der Waals surface area (Å²) in [5.74, 6) is -1.21. The number of amides is 1. The zero-order valence-electron chi connectivity index (χ0n) is 18.3. The van der Waals surface area contributed by atoms with E-state index in [9.17, 15) is 18.0 Å². The smallest absolute Gasteiger partial charge is 0.341 e. The van der Waals surface area contributed by atoms with Crippen molar-refractivity contribution in [2.75, 3.05) is 18.5 Å². The number of hydrogen-bond donors (Lipinski definition) is 2. The third kappa shape index (κ3) is 4.91. The highest BCUT2D eigenvalue weighted by Crippen LogP contribution is 2.27. The van der Waals surface area contributed by atoms with Gasteiger partial charge in [-0.05, 0) is 64.8 Å². The van der Waals surface area contributed by atoms with Crippen molar-refractivity contribution in [2.45, 2.75) is 53.0 Å². The zero-order chi connectivity index (χ0) is 22.6. The molecule has 0 aliphatic rings. The Hall–Kier alpha value is -2.65. The van der Waals surface area contributed by atoms with Gasteiger partial charge < -0.3 is 14.6 Å². The van der Waals surface area contributed by atoms with Gasteiger partial charge in [0, 0.05) is 23.6 Å². The predicted molar refractivity (Wildman–Crippen MR) is 115 cm³/mol. The largest absolute Gasteiger partial charge is 0.462 e. The van der Waals surface area contributed by atoms with Crippen molar-refractivity contribution < 1.29 is 22.7 Å². The highest BCUT2D eigenvalue weighted by Gasteiger charge is 2.32. The first-order valence-electron chi connectivity index (χ1n) is 9.77. The van der Waals surface area contributed by atoms with E-state index in [1.807, 2.05) is 32.9 Å². The third-order valence-corrected chi connectivity index (χ3v) is 6.57. The monoisotopic (exact) mass is 435 g/mol. The van der Waals surface area contributed by atoms with E-state index in [1.54, 1.807) is 31.4 Å². The van der Waals surface area contributed by atoms with Gasteiger partial charge in [0.25, 0.3) is 0 Å². The minimum atomic E-state index is -4.13. The first-order valence-corrected chi connectivity index (χ1v) is 11.2. The lowest BCUT2D eigenvalue weighted by Crippen LogP contribution is -2.34. The normalized spacial score (nSPS) is 11.4. The number of benzene rings is 1. The topological polar surface area (TPSA) is 106 Å². The standard InChI is InChI=1S/C21H29N3O5S/c1-7-24-15(5)19(21(26)29-8-2)20(16(24)6)30(27,28)22-12-18(25)23-17-10-9-13(3)14(4)11-17/h9-11,22H,7-8,12H2,1-6H3,(H,23,25). The van der Waals surface area contributed by atoms with E-state index in [0.29, 0.717) is 23.6 Å². The van der Waals surface area contributed by atoms with Crippen LogP contribution in [0.2, 0.25) is 0 Å². The van der Waals surface area contributed by atoms with E-state index < -0.39 is 28.4 Å². The van der Waals surface area contributed by atoms with Crippen molar-refractivity contribution >= 4 is 27.6 Å². The summed E-state index contributed by atoms with van der Waals surface area (Å²) in [6.45, 7) is 10.9. The Morgan fingerprint density at radius 1 is 1.03 bits per heavy atom. The summed E-state index contributed by atoms with van der Waals surface area (Å²) >= 11 is 0. The van der Waals surface area contributed by atoms with Crippen LogP contribution in [0.5, 0.6) is 0 Å². The van der Waals surface area contributed by atoms with Crippen LogP contribution in [0.25, 0.3) is 0 Å². The molecule has 8 nitrogen and oxygen atoms in total. The van der Waals surface area contributed by atoms with Crippen molar-refractivity contribution in [3.05, 3.63) is 46.3 Å². The lowest BCUT2D eigenvalue weighted by Gasteiger charge is -2.11. The number of anilines is 1. The third-order valence-electron chi connectivity index (χ3n) is 5.01. The van der Waals surface area contributed by atoms with Gasteiger partial charge in [-0.3, -0.25) is 4.79 Å². The van der Waals surface area contributed by atoms with Crippen LogP contribution in [0, 0.1) is 27.7 Å². The molecule has 1 heterocycles. The maximum absolute atomic E-state index is 13.0. The minimum absolute atomic E-state index is 0.00160. The quantitative estimate of drug-likeness (QED) is 0.620. The molecule has 0 spiro atoms. The van der Waals surface area contributed by atoms with Crippen LogP contribution in [0.3, 0.4) is 0 Å². The maximum atomic E-state index is 13.0. The second-order valence-corrected chi connectivity index (χ2v) is 8.72. The summed E-state index contributed by atoms with van der Waals surface area (Å²) in [7, 11) is -4.13. The molecule has 0 bridgehead atoms. The van der Waals surface area contributed by atoms with Gasteiger partial charge in [0.1, 0.15) is 10.5 Å². The highest BCUT2D eigenvalue weighted by molar-refractivity contribution is 7.89. The van der Waals surface area contributed by atoms with Gasteiger partial charge in [-0.1, -0.05) is 6.07 Å². The molecule has 0 radical (unpaired) electrons. The summed E-state index contributed by atoms with van der Waals surface area (Å²) in [6, 6.07) is 5.44. The minimum Gasteiger partial charge on any atom is -0.462 e. The van der Waals surface area contributed by atoms with Gasteiger partial charge >= 0.3 is 5.97 Å². The number of esters is 1. The second-order valence-electron chi connectivity index (χ2n) is 7.01. The Labute approximate surface area is 177 Å². The molecule has 1 aromatic carbocycles. The summed E-state index contributed by atoms with van der Waals surface area (Å²) in [5, 5.41) is 2.67. The second kappa shape index (κ2) is 9.44. The number of hydrogen-bond acceptors (Lipinski definition) is 5. The van der Waals surface area contributed by atoms with Gasteiger partial charge in [0.2, 0.25) is 15.9 Å². The molecule has 2 rings (SSSR count). The van der Waals surface area contributed by atoms with E-state index >= 15 is 0 Å². The molecule has 164 valence electrons. The molecule has 1 amide bonds. The predicted octanol–water partition coefficient (Wildman–Crippen LogP) is 2.84. The number of nitrogens with one attached hydrogen (secondary N) is 2. The van der Waals surface area contributed by atoms with Crippen LogP contribution in [0.4, 0.5) is 5.69 Å². The fourth-order valence-corrected chi connectivity index (χ4v) is 4.82. The molecule has 0 unspecified atom stereocenters. The van der Waals surface area contributed by atoms with Gasteiger partial charge in [-0.25, -0.2) is 17.9 Å². The Bertz CT molecular complexity index is 1070. The molecule has 1 aromatic heterocycles. The molecule has 2 N–H and O–H groups in total. The first-order chi connectivity index (χ1) is 14.0. The molecule has 0 saturated carbocycles. The van der Waals surface area contributed by atoms with Crippen LogP contribution in [0.1, 0.15) is 46.7 Å². The van der Waals surface area contributed by atoms with Crippen molar-refractivity contribution in [1.29, 1.82) is 0 Å². The molecule has 2 aromatic rings. The van der Waals surface area contributed by atoms with Crippen LogP contribution in [0.15, 0.2) is 23.1 Å². The summed E-state index contributed by atoms with van der Waals surface area (Å²) in [6.07, 6.45) is 0. The van der Waals surface area contributed by atoms with E-state index in [2.05, 4.69) is 10.0 Å². The number of sulfonamides is 1. The number of nitrogens with zero attached hydrogens (tertiary/aromatic N) is 1. The average molecular weight is 436 g/mol. The molecular weight excluding hydrogens is 406 g/mol. The molecule has 0 atom stereocenters. The number of ether oxygens (including phenoxy) is 1. The van der Waals surface area contributed by atoms with Crippen molar-refractivity contribution in [3.8, 4) is 0 Å². The Balaban J connectivity index is 2.27. The molecule has 0 aliphatic heterocycles. The number of aromatic nitrogens is 1. The fraction of sp³-hybridized carbons (Fsp3) is 0.429. The van der Waals surface area contributed by atoms with Crippen molar-refractivity contribution in [2.24, 2.45) is 0 Å². The first kappa shape index (κ1) is 23.6. The Morgan fingerprint density at radius 2 is 1.70 bits per heavy atom. The van der Waals surface area contributed by atoms with Crippen LogP contribution < -0.4 is 10.0 Å². The van der Waals surface area contributed by atoms with Crippen LogP contribution in [-0.2, 0) is 26.1 Å². The van der Waals surface area contributed by atoms with Crippen LogP contribution in [-0.4, -0.2) is 38.0 Å². The molecule has 9 heteroatoms. The summed E-state index contributed by atoms with van der Waals surface area (Å²) in [5.41, 5.74) is 3.61. The fourth-order valence-electron chi connectivity index (χ4n) is 3.36. The van der Waals surface area contributed by atoms with E-state index in [4.69, 9.17) is 4.74 Å². The molecule has 0 saturated heterocycles. The molecular formula is C21H29N3O5S. The molecule has 0 fully saturated rings. The summed E-state index contributed by atoms with van der Waals surface area (Å²) < 4.78 is 35.1. The van der Waals surface area contributed by atoms with E-state index in [-0.39, 0.29) is 17.1 Å². The van der Waals surface area contributed by atoms with E-state index in [1.165, 1.54) is 0 Å². The van der Waals surface area contributed by atoms with E-state index in [0.717, 1.165) is 11.1 Å². The highest BCUT2D eigenvalue weighted by atomic mass is 32.2. The average Bonchev–Trinajstić information content (AvgIpc) is 2.94. The van der Waals surface area contributed by atoms with Crippen LogP contribution >= 0.6 is 0 Å². The Kier molecular flexibility index (Phi) is 7.44. The molecule has 30 heavy (non-hydrogen) atoms. The van der Waals surface area contributed by atoms with Crippen molar-refractivity contribution in [3.63, 3.8) is 0 Å².